The van der Waals surface area contributed by atoms with Crippen LogP contribution in [0.5, 0.6) is 0 Å². The summed E-state index contributed by atoms with van der Waals surface area (Å²) in [5, 5.41) is 20.3. The van der Waals surface area contributed by atoms with E-state index in [1.54, 1.807) is 0 Å². The van der Waals surface area contributed by atoms with Gasteiger partial charge in [0.2, 0.25) is 0 Å². The van der Waals surface area contributed by atoms with Gasteiger partial charge >= 0.3 is 0 Å². The van der Waals surface area contributed by atoms with Crippen LogP contribution >= 0.6 is 0 Å². The molecular formula is C11H13F2NO3. The van der Waals surface area contributed by atoms with Gasteiger partial charge in [0.05, 0.1) is 18.8 Å². The number of hydrogen-bond acceptors (Lipinski definition) is 3. The lowest BCUT2D eigenvalue weighted by Crippen LogP contribution is -2.51. The van der Waals surface area contributed by atoms with Gasteiger partial charge in [0.1, 0.15) is 0 Å². The van der Waals surface area contributed by atoms with E-state index in [0.717, 1.165) is 18.2 Å². The minimum Gasteiger partial charge on any atom is -0.394 e. The maximum absolute atomic E-state index is 12.9. The average molecular weight is 245 g/mol. The molecule has 0 radical (unpaired) electrons. The molecule has 0 unspecified atom stereocenters. The van der Waals surface area contributed by atoms with Crippen LogP contribution in [-0.2, 0) is 0 Å². The number of hydrogen-bond donors (Lipinski definition) is 3. The number of carbonyl (C=O) groups excluding carboxylic acids is 1. The van der Waals surface area contributed by atoms with Crippen LogP contribution in [0.4, 0.5) is 8.78 Å². The van der Waals surface area contributed by atoms with Crippen molar-refractivity contribution in [2.24, 2.45) is 0 Å². The Morgan fingerprint density at radius 1 is 1.29 bits per heavy atom. The van der Waals surface area contributed by atoms with Crippen molar-refractivity contribution in [3.63, 3.8) is 0 Å². The zero-order valence-electron chi connectivity index (χ0n) is 9.20. The summed E-state index contributed by atoms with van der Waals surface area (Å²) >= 11 is 0. The molecule has 1 aromatic rings. The van der Waals surface area contributed by atoms with E-state index in [9.17, 15) is 13.6 Å². The molecule has 0 heterocycles. The van der Waals surface area contributed by atoms with Crippen molar-refractivity contribution < 1.29 is 23.8 Å². The van der Waals surface area contributed by atoms with E-state index >= 15 is 0 Å². The molecule has 0 saturated heterocycles. The molecular weight excluding hydrogens is 232 g/mol. The lowest BCUT2D eigenvalue weighted by Gasteiger charge is -2.26. The minimum absolute atomic E-state index is 0.0861. The Hall–Kier alpha value is -1.53. The largest absolute Gasteiger partial charge is 0.394 e. The molecule has 0 aliphatic rings. The highest BCUT2D eigenvalue weighted by atomic mass is 19.2. The van der Waals surface area contributed by atoms with Gasteiger partial charge in [-0.1, -0.05) is 0 Å². The highest BCUT2D eigenvalue weighted by Gasteiger charge is 2.25. The van der Waals surface area contributed by atoms with Crippen molar-refractivity contribution in [1.82, 2.24) is 5.32 Å². The third-order valence-corrected chi connectivity index (χ3v) is 2.30. The first-order chi connectivity index (χ1) is 7.91. The van der Waals surface area contributed by atoms with Crippen molar-refractivity contribution in [3.8, 4) is 0 Å². The van der Waals surface area contributed by atoms with E-state index in [2.05, 4.69) is 5.32 Å². The topological polar surface area (TPSA) is 69.6 Å². The molecule has 0 fully saturated rings. The van der Waals surface area contributed by atoms with Crippen molar-refractivity contribution >= 4 is 5.91 Å². The van der Waals surface area contributed by atoms with Crippen LogP contribution in [0.2, 0.25) is 0 Å². The molecule has 1 amide bonds. The number of rotatable bonds is 4. The fourth-order valence-electron chi connectivity index (χ4n) is 1.11. The summed E-state index contributed by atoms with van der Waals surface area (Å²) in [5.74, 6) is -2.88. The van der Waals surface area contributed by atoms with Gasteiger partial charge in [-0.25, -0.2) is 8.78 Å². The summed E-state index contributed by atoms with van der Waals surface area (Å²) in [6.45, 7) is 0.475. The lowest BCUT2D eigenvalue weighted by molar-refractivity contribution is 0.0723. The van der Waals surface area contributed by atoms with Crippen molar-refractivity contribution in [3.05, 3.63) is 35.4 Å². The SMILES string of the molecule is CC(CO)(CO)NC(=O)c1ccc(F)c(F)c1. The highest BCUT2D eigenvalue weighted by Crippen LogP contribution is 2.10. The molecule has 1 rings (SSSR count). The van der Waals surface area contributed by atoms with Gasteiger partial charge in [0.25, 0.3) is 5.91 Å². The number of aliphatic hydroxyl groups excluding tert-OH is 2. The molecule has 94 valence electrons. The van der Waals surface area contributed by atoms with E-state index in [0.29, 0.717) is 0 Å². The predicted octanol–water partition coefficient (Wildman–Crippen LogP) is 0.438. The van der Waals surface area contributed by atoms with Crippen LogP contribution < -0.4 is 5.32 Å². The molecule has 0 saturated carbocycles. The maximum Gasteiger partial charge on any atom is 0.251 e. The highest BCUT2D eigenvalue weighted by molar-refractivity contribution is 5.94. The first-order valence-electron chi connectivity index (χ1n) is 4.91. The number of carbonyl (C=O) groups is 1. The third kappa shape index (κ3) is 3.21. The first-order valence-corrected chi connectivity index (χ1v) is 4.91. The fourth-order valence-corrected chi connectivity index (χ4v) is 1.11. The first kappa shape index (κ1) is 13.5. The molecule has 0 aromatic heterocycles. The second-order valence-corrected chi connectivity index (χ2v) is 3.96. The molecule has 6 heteroatoms. The van der Waals surface area contributed by atoms with E-state index < -0.39 is 36.3 Å². The minimum atomic E-state index is -1.21. The van der Waals surface area contributed by atoms with Crippen LogP contribution in [0.25, 0.3) is 0 Å². The van der Waals surface area contributed by atoms with Gasteiger partial charge in [0.15, 0.2) is 11.6 Å². The van der Waals surface area contributed by atoms with Gasteiger partial charge in [-0.15, -0.1) is 0 Å². The fraction of sp³-hybridized carbons (Fsp3) is 0.364. The predicted molar refractivity (Wildman–Crippen MR) is 56.4 cm³/mol. The summed E-state index contributed by atoms with van der Waals surface area (Å²) in [6.07, 6.45) is 0. The standard InChI is InChI=1S/C11H13F2NO3/c1-11(5-15,6-16)14-10(17)7-2-3-8(12)9(13)4-7/h2-4,15-16H,5-6H2,1H3,(H,14,17). The number of benzene rings is 1. The van der Waals surface area contributed by atoms with E-state index in [1.165, 1.54) is 6.92 Å². The van der Waals surface area contributed by atoms with Gasteiger partial charge in [0, 0.05) is 5.56 Å². The van der Waals surface area contributed by atoms with Crippen LogP contribution in [0, 0.1) is 11.6 Å². The molecule has 0 aliphatic heterocycles. The zero-order valence-corrected chi connectivity index (χ0v) is 9.20. The summed E-state index contributed by atoms with van der Waals surface area (Å²) in [7, 11) is 0. The zero-order chi connectivity index (χ0) is 13.1. The van der Waals surface area contributed by atoms with Crippen LogP contribution in [-0.4, -0.2) is 34.9 Å². The van der Waals surface area contributed by atoms with E-state index in [4.69, 9.17) is 10.2 Å². The monoisotopic (exact) mass is 245 g/mol. The Bertz CT molecular complexity index is 419. The Morgan fingerprint density at radius 3 is 2.35 bits per heavy atom. The van der Waals surface area contributed by atoms with Crippen LogP contribution in [0.3, 0.4) is 0 Å². The van der Waals surface area contributed by atoms with E-state index in [-0.39, 0.29) is 5.56 Å². The smallest absolute Gasteiger partial charge is 0.251 e. The number of amides is 1. The Kier molecular flexibility index (Phi) is 4.14. The van der Waals surface area contributed by atoms with E-state index in [1.807, 2.05) is 0 Å². The number of aliphatic hydroxyl groups is 2. The molecule has 4 nitrogen and oxygen atoms in total. The van der Waals surface area contributed by atoms with Gasteiger partial charge < -0.3 is 15.5 Å². The Labute approximate surface area is 96.9 Å². The van der Waals surface area contributed by atoms with Crippen molar-refractivity contribution in [1.29, 1.82) is 0 Å². The van der Waals surface area contributed by atoms with Crippen molar-refractivity contribution in [2.45, 2.75) is 12.5 Å². The molecule has 1 aromatic carbocycles. The second-order valence-electron chi connectivity index (χ2n) is 3.96. The summed E-state index contributed by atoms with van der Waals surface area (Å²) in [6, 6.07) is 2.70. The van der Waals surface area contributed by atoms with Gasteiger partial charge in [-0.2, -0.15) is 0 Å². The van der Waals surface area contributed by atoms with Crippen LogP contribution in [0.1, 0.15) is 17.3 Å². The molecule has 0 bridgehead atoms. The quantitative estimate of drug-likeness (QED) is 0.720. The average Bonchev–Trinajstić information content (AvgIpc) is 2.32. The molecule has 3 N–H and O–H groups in total. The number of nitrogens with one attached hydrogen (secondary N) is 1. The maximum atomic E-state index is 12.9. The lowest BCUT2D eigenvalue weighted by atomic mass is 10.0. The molecule has 0 aliphatic carbocycles. The summed E-state index contributed by atoms with van der Waals surface area (Å²) in [5.41, 5.74) is -1.29. The number of halogens is 2. The Morgan fingerprint density at radius 2 is 1.88 bits per heavy atom. The molecule has 0 spiro atoms. The Balaban J connectivity index is 2.86. The summed E-state index contributed by atoms with van der Waals surface area (Å²) < 4.78 is 25.5. The second kappa shape index (κ2) is 5.20. The van der Waals surface area contributed by atoms with Gasteiger partial charge in [-0.05, 0) is 25.1 Å². The normalized spacial score (nSPS) is 11.4. The molecule has 0 atom stereocenters. The van der Waals surface area contributed by atoms with Gasteiger partial charge in [-0.3, -0.25) is 4.79 Å². The summed E-state index contributed by atoms with van der Waals surface area (Å²) in [4.78, 5) is 11.6. The van der Waals surface area contributed by atoms with Crippen LogP contribution in [0.15, 0.2) is 18.2 Å². The molecule has 17 heavy (non-hydrogen) atoms. The third-order valence-electron chi connectivity index (χ3n) is 2.30. The van der Waals surface area contributed by atoms with Crippen molar-refractivity contribution in [2.75, 3.05) is 13.2 Å².